The Morgan fingerprint density at radius 1 is 1.53 bits per heavy atom. The van der Waals surface area contributed by atoms with Gasteiger partial charge in [0.05, 0.1) is 6.61 Å². The molecule has 1 aliphatic heterocycles. The largest absolute Gasteiger partial charge is 0.381 e. The Bertz CT molecular complexity index is 255. The van der Waals surface area contributed by atoms with E-state index in [2.05, 4.69) is 26.1 Å². The molecule has 1 heterocycles. The fourth-order valence-electron chi connectivity index (χ4n) is 1.88. The van der Waals surface area contributed by atoms with Gasteiger partial charge in [-0.3, -0.25) is 4.79 Å². The van der Waals surface area contributed by atoms with E-state index in [1.807, 2.05) is 6.92 Å². The summed E-state index contributed by atoms with van der Waals surface area (Å²) in [7, 11) is 0. The van der Waals surface area contributed by atoms with Gasteiger partial charge in [-0.1, -0.05) is 20.8 Å². The molecular formula is C13H26N2O2. The third kappa shape index (κ3) is 4.64. The SMILES string of the molecule is CC(NC(=O)CC(N)C(C)(C)C)C1CCOC1. The first-order chi connectivity index (χ1) is 7.80. The number of ether oxygens (including phenoxy) is 1. The van der Waals surface area contributed by atoms with E-state index in [0.717, 1.165) is 19.6 Å². The number of hydrogen-bond acceptors (Lipinski definition) is 3. The molecule has 0 radical (unpaired) electrons. The van der Waals surface area contributed by atoms with E-state index in [1.165, 1.54) is 0 Å². The fraction of sp³-hybridized carbons (Fsp3) is 0.923. The van der Waals surface area contributed by atoms with E-state index in [0.29, 0.717) is 12.3 Å². The van der Waals surface area contributed by atoms with Crippen LogP contribution < -0.4 is 11.1 Å². The molecule has 3 atom stereocenters. The summed E-state index contributed by atoms with van der Waals surface area (Å²) in [5.74, 6) is 0.497. The molecule has 0 bridgehead atoms. The van der Waals surface area contributed by atoms with Crippen molar-refractivity contribution in [2.45, 2.75) is 52.6 Å². The molecule has 0 aromatic rings. The summed E-state index contributed by atoms with van der Waals surface area (Å²) in [6.45, 7) is 9.77. The van der Waals surface area contributed by atoms with Gasteiger partial charge in [0.2, 0.25) is 5.91 Å². The van der Waals surface area contributed by atoms with Gasteiger partial charge in [-0.25, -0.2) is 0 Å². The van der Waals surface area contributed by atoms with Crippen LogP contribution in [0, 0.1) is 11.3 Å². The molecule has 1 amide bonds. The fourth-order valence-corrected chi connectivity index (χ4v) is 1.88. The highest BCUT2D eigenvalue weighted by atomic mass is 16.5. The predicted molar refractivity (Wildman–Crippen MR) is 68.6 cm³/mol. The maximum atomic E-state index is 11.8. The van der Waals surface area contributed by atoms with Gasteiger partial charge in [0.1, 0.15) is 0 Å². The van der Waals surface area contributed by atoms with E-state index >= 15 is 0 Å². The van der Waals surface area contributed by atoms with Gasteiger partial charge in [0, 0.05) is 31.0 Å². The molecular weight excluding hydrogens is 216 g/mol. The van der Waals surface area contributed by atoms with Gasteiger partial charge in [-0.2, -0.15) is 0 Å². The van der Waals surface area contributed by atoms with Crippen LogP contribution in [-0.4, -0.2) is 31.2 Å². The van der Waals surface area contributed by atoms with Crippen LogP contribution >= 0.6 is 0 Å². The van der Waals surface area contributed by atoms with Crippen LogP contribution in [-0.2, 0) is 9.53 Å². The average Bonchev–Trinajstić information content (AvgIpc) is 2.68. The smallest absolute Gasteiger partial charge is 0.221 e. The van der Waals surface area contributed by atoms with Crippen molar-refractivity contribution in [2.24, 2.45) is 17.1 Å². The van der Waals surface area contributed by atoms with Crippen LogP contribution in [0.2, 0.25) is 0 Å². The van der Waals surface area contributed by atoms with Gasteiger partial charge in [0.15, 0.2) is 0 Å². The minimum absolute atomic E-state index is 0.0307. The standard InChI is InChI=1S/C13H26N2O2/c1-9(10-5-6-17-8-10)15-12(16)7-11(14)13(2,3)4/h9-11H,5-8,14H2,1-4H3,(H,15,16). The van der Waals surface area contributed by atoms with E-state index in [4.69, 9.17) is 10.5 Å². The first-order valence-corrected chi connectivity index (χ1v) is 6.43. The Kier molecular flexibility index (Phi) is 4.95. The molecule has 0 saturated carbocycles. The molecule has 1 aliphatic rings. The minimum Gasteiger partial charge on any atom is -0.381 e. The number of carbonyl (C=O) groups is 1. The third-order valence-electron chi connectivity index (χ3n) is 3.58. The Balaban J connectivity index is 2.33. The van der Waals surface area contributed by atoms with E-state index in [-0.39, 0.29) is 23.4 Å². The second kappa shape index (κ2) is 5.83. The zero-order valence-electron chi connectivity index (χ0n) is 11.5. The van der Waals surface area contributed by atoms with Crippen LogP contribution in [0.1, 0.15) is 40.5 Å². The number of hydrogen-bond donors (Lipinski definition) is 2. The van der Waals surface area contributed by atoms with Crippen molar-refractivity contribution in [1.29, 1.82) is 0 Å². The van der Waals surface area contributed by atoms with Gasteiger partial charge in [-0.15, -0.1) is 0 Å². The number of nitrogens with one attached hydrogen (secondary N) is 1. The molecule has 4 heteroatoms. The zero-order chi connectivity index (χ0) is 13.1. The van der Waals surface area contributed by atoms with Crippen LogP contribution in [0.5, 0.6) is 0 Å². The molecule has 0 spiro atoms. The molecule has 0 aromatic heterocycles. The van der Waals surface area contributed by atoms with Crippen molar-refractivity contribution in [3.8, 4) is 0 Å². The van der Waals surface area contributed by atoms with Crippen molar-refractivity contribution in [3.05, 3.63) is 0 Å². The van der Waals surface area contributed by atoms with Crippen molar-refractivity contribution in [2.75, 3.05) is 13.2 Å². The zero-order valence-corrected chi connectivity index (χ0v) is 11.5. The van der Waals surface area contributed by atoms with Gasteiger partial charge < -0.3 is 15.8 Å². The molecule has 0 aromatic carbocycles. The molecule has 1 fully saturated rings. The normalized spacial score (nSPS) is 24.4. The van der Waals surface area contributed by atoms with Crippen molar-refractivity contribution >= 4 is 5.91 Å². The summed E-state index contributed by atoms with van der Waals surface area (Å²) in [5, 5.41) is 3.03. The van der Waals surface area contributed by atoms with Crippen LogP contribution in [0.25, 0.3) is 0 Å². The predicted octanol–water partition coefficient (Wildman–Crippen LogP) is 1.29. The molecule has 3 unspecified atom stereocenters. The maximum absolute atomic E-state index is 11.8. The number of carbonyl (C=O) groups excluding carboxylic acids is 1. The lowest BCUT2D eigenvalue weighted by Gasteiger charge is -2.27. The lowest BCUT2D eigenvalue weighted by Crippen LogP contribution is -2.44. The topological polar surface area (TPSA) is 64.4 Å². The van der Waals surface area contributed by atoms with Crippen molar-refractivity contribution in [3.63, 3.8) is 0 Å². The molecule has 1 rings (SSSR count). The van der Waals surface area contributed by atoms with E-state index in [1.54, 1.807) is 0 Å². The first-order valence-electron chi connectivity index (χ1n) is 6.43. The molecule has 4 nitrogen and oxygen atoms in total. The number of amides is 1. The van der Waals surface area contributed by atoms with E-state index < -0.39 is 0 Å². The lowest BCUT2D eigenvalue weighted by atomic mass is 9.85. The third-order valence-corrected chi connectivity index (χ3v) is 3.58. The minimum atomic E-state index is -0.102. The lowest BCUT2D eigenvalue weighted by molar-refractivity contribution is -0.122. The number of rotatable bonds is 4. The summed E-state index contributed by atoms with van der Waals surface area (Å²) >= 11 is 0. The second-order valence-corrected chi connectivity index (χ2v) is 6.16. The van der Waals surface area contributed by atoms with Crippen LogP contribution in [0.3, 0.4) is 0 Å². The van der Waals surface area contributed by atoms with Gasteiger partial charge >= 0.3 is 0 Å². The second-order valence-electron chi connectivity index (χ2n) is 6.16. The molecule has 17 heavy (non-hydrogen) atoms. The quantitative estimate of drug-likeness (QED) is 0.781. The summed E-state index contributed by atoms with van der Waals surface area (Å²) < 4.78 is 5.32. The average molecular weight is 242 g/mol. The highest BCUT2D eigenvalue weighted by Crippen LogP contribution is 2.20. The van der Waals surface area contributed by atoms with Crippen molar-refractivity contribution < 1.29 is 9.53 Å². The Labute approximate surface area is 104 Å². The highest BCUT2D eigenvalue weighted by Gasteiger charge is 2.26. The summed E-state index contributed by atoms with van der Waals surface area (Å²) in [4.78, 5) is 11.8. The molecule has 3 N–H and O–H groups in total. The van der Waals surface area contributed by atoms with Crippen LogP contribution in [0.4, 0.5) is 0 Å². The monoisotopic (exact) mass is 242 g/mol. The maximum Gasteiger partial charge on any atom is 0.221 e. The van der Waals surface area contributed by atoms with Gasteiger partial charge in [-0.05, 0) is 18.8 Å². The molecule has 100 valence electrons. The summed E-state index contributed by atoms with van der Waals surface area (Å²) in [5.41, 5.74) is 5.96. The van der Waals surface area contributed by atoms with E-state index in [9.17, 15) is 4.79 Å². The Hall–Kier alpha value is -0.610. The first kappa shape index (κ1) is 14.5. The Morgan fingerprint density at radius 2 is 2.18 bits per heavy atom. The summed E-state index contributed by atoms with van der Waals surface area (Å²) in [6, 6.07) is 0.0756. The van der Waals surface area contributed by atoms with Crippen molar-refractivity contribution in [1.82, 2.24) is 5.32 Å². The highest BCUT2D eigenvalue weighted by molar-refractivity contribution is 5.77. The summed E-state index contributed by atoms with van der Waals surface area (Å²) in [6.07, 6.45) is 1.42. The number of nitrogens with two attached hydrogens (primary N) is 1. The molecule has 1 saturated heterocycles. The Morgan fingerprint density at radius 3 is 2.65 bits per heavy atom. The van der Waals surface area contributed by atoms with Gasteiger partial charge in [0.25, 0.3) is 0 Å². The van der Waals surface area contributed by atoms with Crippen LogP contribution in [0.15, 0.2) is 0 Å². The molecule has 0 aliphatic carbocycles.